The van der Waals surface area contributed by atoms with E-state index in [4.69, 9.17) is 0 Å². The van der Waals surface area contributed by atoms with Crippen molar-refractivity contribution in [3.63, 3.8) is 0 Å². The zero-order valence-corrected chi connectivity index (χ0v) is 12.0. The molecule has 0 spiro atoms. The van der Waals surface area contributed by atoms with Crippen molar-refractivity contribution in [1.82, 2.24) is 0 Å². The summed E-state index contributed by atoms with van der Waals surface area (Å²) in [6, 6.07) is 10.5. The molecule has 1 rings (SSSR count). The Kier molecular flexibility index (Phi) is 6.48. The van der Waals surface area contributed by atoms with Crippen molar-refractivity contribution in [2.24, 2.45) is 5.41 Å². The maximum absolute atomic E-state index is 11.4. The maximum atomic E-state index is 11.4. The normalized spacial score (nSPS) is 11.3. The van der Waals surface area contributed by atoms with Crippen LogP contribution in [-0.2, 0) is 16.0 Å². The lowest BCUT2D eigenvalue weighted by molar-refractivity contribution is -0.135. The van der Waals surface area contributed by atoms with E-state index in [-0.39, 0.29) is 5.78 Å². The summed E-state index contributed by atoms with van der Waals surface area (Å²) in [5.41, 5.74) is 0.903. The summed E-state index contributed by atoms with van der Waals surface area (Å²) < 4.78 is 0. The topological polar surface area (TPSA) is 34.1 Å². The minimum atomic E-state index is -0.485. The molecule has 0 bridgehead atoms. The van der Waals surface area contributed by atoms with E-state index in [2.05, 4.69) is 24.3 Å². The molecule has 1 aromatic carbocycles. The van der Waals surface area contributed by atoms with E-state index in [9.17, 15) is 9.59 Å². The molecular formula is C17H24O2. The summed E-state index contributed by atoms with van der Waals surface area (Å²) in [4.78, 5) is 21.9. The summed E-state index contributed by atoms with van der Waals surface area (Å²) in [6.07, 6.45) is 6.89. The van der Waals surface area contributed by atoms with Gasteiger partial charge in [-0.05, 0) is 24.8 Å². The summed E-state index contributed by atoms with van der Waals surface area (Å²) in [7, 11) is 0. The molecule has 0 fully saturated rings. The molecule has 0 atom stereocenters. The third kappa shape index (κ3) is 5.82. The van der Waals surface area contributed by atoms with Gasteiger partial charge in [-0.3, -0.25) is 9.59 Å². The van der Waals surface area contributed by atoms with Crippen LogP contribution in [0.2, 0.25) is 0 Å². The minimum Gasteiger partial charge on any atom is -0.295 e. The Labute approximate surface area is 116 Å². The molecule has 0 aliphatic rings. The van der Waals surface area contributed by atoms with Gasteiger partial charge in [0.15, 0.2) is 6.29 Å². The van der Waals surface area contributed by atoms with Crippen LogP contribution in [0.15, 0.2) is 30.3 Å². The van der Waals surface area contributed by atoms with E-state index in [1.807, 2.05) is 19.9 Å². The van der Waals surface area contributed by atoms with Crippen LogP contribution >= 0.6 is 0 Å². The van der Waals surface area contributed by atoms with E-state index >= 15 is 0 Å². The lowest BCUT2D eigenvalue weighted by Crippen LogP contribution is -2.25. The van der Waals surface area contributed by atoms with Crippen molar-refractivity contribution in [1.29, 1.82) is 0 Å². The van der Waals surface area contributed by atoms with Crippen LogP contribution in [-0.4, -0.2) is 12.1 Å². The van der Waals surface area contributed by atoms with Crippen LogP contribution in [0.1, 0.15) is 51.5 Å². The van der Waals surface area contributed by atoms with Gasteiger partial charge in [0.2, 0.25) is 5.78 Å². The standard InChI is InChI=1S/C17H24O2/c1-17(2,16(19)14-18)13-9-4-3-6-10-15-11-7-5-8-12-15/h5,7-8,11-12,14H,3-4,6,9-10,13H2,1-2H3. The molecule has 2 heteroatoms. The predicted octanol–water partition coefficient (Wildman–Crippen LogP) is 3.97. The Morgan fingerprint density at radius 1 is 1.05 bits per heavy atom. The number of Topliss-reactive ketones (excluding diaryl/α,β-unsaturated/α-hetero) is 1. The highest BCUT2D eigenvalue weighted by Crippen LogP contribution is 2.24. The molecule has 1 aromatic rings. The van der Waals surface area contributed by atoms with Crippen LogP contribution in [0.5, 0.6) is 0 Å². The van der Waals surface area contributed by atoms with Gasteiger partial charge in [-0.15, -0.1) is 0 Å². The van der Waals surface area contributed by atoms with Crippen molar-refractivity contribution in [3.8, 4) is 0 Å². The molecule has 104 valence electrons. The molecule has 19 heavy (non-hydrogen) atoms. The summed E-state index contributed by atoms with van der Waals surface area (Å²) in [6.45, 7) is 3.71. The largest absolute Gasteiger partial charge is 0.295 e. The van der Waals surface area contributed by atoms with Crippen LogP contribution in [0, 0.1) is 5.41 Å². The predicted molar refractivity (Wildman–Crippen MR) is 78.1 cm³/mol. The van der Waals surface area contributed by atoms with Crippen LogP contribution in [0.3, 0.4) is 0 Å². The van der Waals surface area contributed by atoms with Gasteiger partial charge in [-0.2, -0.15) is 0 Å². The SMILES string of the molecule is CC(C)(CCCCCCc1ccccc1)C(=O)C=O. The van der Waals surface area contributed by atoms with Crippen molar-refractivity contribution < 1.29 is 9.59 Å². The molecule has 0 aliphatic heterocycles. The lowest BCUT2D eigenvalue weighted by atomic mass is 9.83. The molecule has 0 radical (unpaired) electrons. The Balaban J connectivity index is 2.12. The number of ketones is 1. The van der Waals surface area contributed by atoms with Gasteiger partial charge in [0, 0.05) is 5.41 Å². The highest BCUT2D eigenvalue weighted by atomic mass is 16.2. The third-order valence-corrected chi connectivity index (χ3v) is 3.63. The second kappa shape index (κ2) is 7.88. The highest BCUT2D eigenvalue weighted by molar-refractivity contribution is 6.27. The fourth-order valence-electron chi connectivity index (χ4n) is 2.18. The maximum Gasteiger partial charge on any atom is 0.200 e. The number of aldehydes is 1. The first-order valence-electron chi connectivity index (χ1n) is 7.10. The van der Waals surface area contributed by atoms with Crippen molar-refractivity contribution in [3.05, 3.63) is 35.9 Å². The number of carbonyl (C=O) groups is 2. The summed E-state index contributed by atoms with van der Waals surface area (Å²) >= 11 is 0. The molecule has 0 aromatic heterocycles. The Morgan fingerprint density at radius 2 is 1.68 bits per heavy atom. The van der Waals surface area contributed by atoms with Crippen molar-refractivity contribution in [2.45, 2.75) is 52.4 Å². The minimum absolute atomic E-state index is 0.281. The summed E-state index contributed by atoms with van der Waals surface area (Å²) in [5.74, 6) is -0.281. The van der Waals surface area contributed by atoms with E-state index in [0.717, 1.165) is 25.7 Å². The first kappa shape index (κ1) is 15.6. The number of unbranched alkanes of at least 4 members (excludes halogenated alkanes) is 3. The van der Waals surface area contributed by atoms with Crippen molar-refractivity contribution in [2.75, 3.05) is 0 Å². The van der Waals surface area contributed by atoms with Crippen LogP contribution in [0.25, 0.3) is 0 Å². The second-order valence-electron chi connectivity index (χ2n) is 5.77. The molecule has 0 saturated carbocycles. The fraction of sp³-hybridized carbons (Fsp3) is 0.529. The average molecular weight is 260 g/mol. The number of rotatable bonds is 9. The highest BCUT2D eigenvalue weighted by Gasteiger charge is 2.25. The van der Waals surface area contributed by atoms with Crippen LogP contribution < -0.4 is 0 Å². The fourth-order valence-corrected chi connectivity index (χ4v) is 2.18. The van der Waals surface area contributed by atoms with Crippen LogP contribution in [0.4, 0.5) is 0 Å². The first-order chi connectivity index (χ1) is 9.06. The van der Waals surface area contributed by atoms with E-state index in [1.54, 1.807) is 0 Å². The Morgan fingerprint density at radius 3 is 2.32 bits per heavy atom. The molecule has 0 aliphatic carbocycles. The molecule has 2 nitrogen and oxygen atoms in total. The van der Waals surface area contributed by atoms with Crippen molar-refractivity contribution >= 4 is 12.1 Å². The molecule has 0 heterocycles. The number of hydrogen-bond donors (Lipinski definition) is 0. The third-order valence-electron chi connectivity index (χ3n) is 3.63. The zero-order chi connectivity index (χ0) is 14.1. The van der Waals surface area contributed by atoms with E-state index in [1.165, 1.54) is 18.4 Å². The van der Waals surface area contributed by atoms with Gasteiger partial charge in [-0.1, -0.05) is 63.4 Å². The number of carbonyl (C=O) groups excluding carboxylic acids is 2. The first-order valence-corrected chi connectivity index (χ1v) is 7.10. The van der Waals surface area contributed by atoms with E-state index in [0.29, 0.717) is 6.29 Å². The number of hydrogen-bond acceptors (Lipinski definition) is 2. The molecule has 0 N–H and O–H groups in total. The van der Waals surface area contributed by atoms with Gasteiger partial charge in [0.1, 0.15) is 0 Å². The van der Waals surface area contributed by atoms with Gasteiger partial charge in [0.25, 0.3) is 0 Å². The molecule has 0 unspecified atom stereocenters. The average Bonchev–Trinajstić information content (AvgIpc) is 2.42. The monoisotopic (exact) mass is 260 g/mol. The van der Waals surface area contributed by atoms with Gasteiger partial charge in [-0.25, -0.2) is 0 Å². The number of aryl methyl sites for hydroxylation is 1. The Hall–Kier alpha value is -1.44. The van der Waals surface area contributed by atoms with E-state index < -0.39 is 5.41 Å². The molecular weight excluding hydrogens is 236 g/mol. The van der Waals surface area contributed by atoms with Gasteiger partial charge < -0.3 is 0 Å². The molecule has 0 amide bonds. The number of benzene rings is 1. The summed E-state index contributed by atoms with van der Waals surface area (Å²) in [5, 5.41) is 0. The quantitative estimate of drug-likeness (QED) is 0.382. The zero-order valence-electron chi connectivity index (χ0n) is 12.0. The molecule has 0 saturated heterocycles. The van der Waals surface area contributed by atoms with Gasteiger partial charge >= 0.3 is 0 Å². The van der Waals surface area contributed by atoms with Gasteiger partial charge in [0.05, 0.1) is 0 Å². The smallest absolute Gasteiger partial charge is 0.200 e. The lowest BCUT2D eigenvalue weighted by Gasteiger charge is -2.19. The second-order valence-corrected chi connectivity index (χ2v) is 5.77. The Bertz CT molecular complexity index is 393.